The van der Waals surface area contributed by atoms with Gasteiger partial charge in [0.2, 0.25) is 5.88 Å². The topological polar surface area (TPSA) is 48.1 Å². The molecular weight excluding hydrogens is 208 g/mol. The van der Waals surface area contributed by atoms with Gasteiger partial charge in [0, 0.05) is 5.56 Å². The Kier molecular flexibility index (Phi) is 2.34. The van der Waals surface area contributed by atoms with Gasteiger partial charge in [0.25, 0.3) is 0 Å². The van der Waals surface area contributed by atoms with E-state index in [4.69, 9.17) is 10.5 Å². The maximum Gasteiger partial charge on any atom is 0.217 e. The quantitative estimate of drug-likeness (QED) is 0.779. The summed E-state index contributed by atoms with van der Waals surface area (Å²) in [6.45, 7) is 1.91. The Balaban J connectivity index is 3.21. The maximum atomic E-state index is 5.53. The van der Waals surface area contributed by atoms with Crippen molar-refractivity contribution in [3.8, 4) is 5.88 Å². The third-order valence-corrected chi connectivity index (χ3v) is 1.98. The maximum absolute atomic E-state index is 5.53. The van der Waals surface area contributed by atoms with Gasteiger partial charge in [-0.25, -0.2) is 0 Å². The SMILES string of the molecule is COc1nc(N)c(Br)cc1C. The second-order valence-electron chi connectivity index (χ2n) is 2.18. The molecule has 0 aliphatic carbocycles. The highest BCUT2D eigenvalue weighted by molar-refractivity contribution is 9.10. The summed E-state index contributed by atoms with van der Waals surface area (Å²) in [5, 5.41) is 0. The van der Waals surface area contributed by atoms with Crippen LogP contribution in [0.4, 0.5) is 5.82 Å². The van der Waals surface area contributed by atoms with E-state index in [9.17, 15) is 0 Å². The molecule has 1 aromatic rings. The molecule has 0 atom stereocenters. The van der Waals surface area contributed by atoms with E-state index in [0.29, 0.717) is 11.7 Å². The average molecular weight is 217 g/mol. The largest absolute Gasteiger partial charge is 0.481 e. The summed E-state index contributed by atoms with van der Waals surface area (Å²) in [6.07, 6.45) is 0. The summed E-state index contributed by atoms with van der Waals surface area (Å²) < 4.78 is 5.77. The van der Waals surface area contributed by atoms with Crippen molar-refractivity contribution in [2.24, 2.45) is 0 Å². The number of nitrogens with zero attached hydrogens (tertiary/aromatic N) is 1. The van der Waals surface area contributed by atoms with Crippen LogP contribution in [-0.2, 0) is 0 Å². The van der Waals surface area contributed by atoms with Crippen LogP contribution in [0.2, 0.25) is 0 Å². The predicted octanol–water partition coefficient (Wildman–Crippen LogP) is 1.74. The molecule has 0 amide bonds. The van der Waals surface area contributed by atoms with Gasteiger partial charge >= 0.3 is 0 Å². The van der Waals surface area contributed by atoms with Crippen molar-refractivity contribution in [1.82, 2.24) is 4.98 Å². The highest BCUT2D eigenvalue weighted by Gasteiger charge is 2.03. The number of aryl methyl sites for hydroxylation is 1. The molecule has 2 N–H and O–H groups in total. The molecule has 3 nitrogen and oxygen atoms in total. The molecular formula is C7H9BrN2O. The fourth-order valence-corrected chi connectivity index (χ4v) is 1.22. The summed E-state index contributed by atoms with van der Waals surface area (Å²) in [6, 6.07) is 1.88. The summed E-state index contributed by atoms with van der Waals surface area (Å²) in [5.74, 6) is 1.03. The number of nitrogens with two attached hydrogens (primary N) is 1. The number of aromatic nitrogens is 1. The first-order valence-corrected chi connectivity index (χ1v) is 3.91. The van der Waals surface area contributed by atoms with Gasteiger partial charge in [0.05, 0.1) is 11.6 Å². The highest BCUT2D eigenvalue weighted by atomic mass is 79.9. The van der Waals surface area contributed by atoms with Crippen LogP contribution in [0.15, 0.2) is 10.5 Å². The van der Waals surface area contributed by atoms with Gasteiger partial charge in [0.1, 0.15) is 5.82 Å². The molecule has 0 spiro atoms. The minimum Gasteiger partial charge on any atom is -0.481 e. The van der Waals surface area contributed by atoms with Crippen molar-refractivity contribution >= 4 is 21.7 Å². The van der Waals surface area contributed by atoms with Crippen molar-refractivity contribution in [2.75, 3.05) is 12.8 Å². The zero-order chi connectivity index (χ0) is 8.43. The Labute approximate surface area is 73.7 Å². The number of pyridine rings is 1. The molecule has 60 valence electrons. The molecule has 0 unspecified atom stereocenters. The number of ether oxygens (including phenoxy) is 1. The summed E-state index contributed by atoms with van der Waals surface area (Å²) in [5.41, 5.74) is 6.49. The third kappa shape index (κ3) is 1.63. The number of hydrogen-bond acceptors (Lipinski definition) is 3. The van der Waals surface area contributed by atoms with E-state index < -0.39 is 0 Å². The van der Waals surface area contributed by atoms with Gasteiger partial charge in [0.15, 0.2) is 0 Å². The van der Waals surface area contributed by atoms with E-state index in [1.54, 1.807) is 7.11 Å². The van der Waals surface area contributed by atoms with E-state index in [0.717, 1.165) is 10.0 Å². The minimum atomic E-state index is 0.451. The Morgan fingerprint density at radius 3 is 2.82 bits per heavy atom. The minimum absolute atomic E-state index is 0.451. The van der Waals surface area contributed by atoms with Crippen molar-refractivity contribution in [3.05, 3.63) is 16.1 Å². The zero-order valence-corrected chi connectivity index (χ0v) is 7.97. The summed E-state index contributed by atoms with van der Waals surface area (Å²) >= 11 is 3.27. The fourth-order valence-electron chi connectivity index (χ4n) is 0.783. The van der Waals surface area contributed by atoms with Crippen molar-refractivity contribution in [3.63, 3.8) is 0 Å². The monoisotopic (exact) mass is 216 g/mol. The first-order chi connectivity index (χ1) is 5.15. The third-order valence-electron chi connectivity index (χ3n) is 1.34. The van der Waals surface area contributed by atoms with Crippen molar-refractivity contribution in [1.29, 1.82) is 0 Å². The predicted molar refractivity (Wildman–Crippen MR) is 47.6 cm³/mol. The Morgan fingerprint density at radius 2 is 2.27 bits per heavy atom. The molecule has 1 rings (SSSR count). The molecule has 1 aromatic heterocycles. The lowest BCUT2D eigenvalue weighted by molar-refractivity contribution is 0.395. The molecule has 0 saturated heterocycles. The normalized spacial score (nSPS) is 9.73. The van der Waals surface area contributed by atoms with Crippen molar-refractivity contribution < 1.29 is 4.74 Å². The van der Waals surface area contributed by atoms with Crippen LogP contribution in [0.3, 0.4) is 0 Å². The van der Waals surface area contributed by atoms with Crippen molar-refractivity contribution in [2.45, 2.75) is 6.92 Å². The van der Waals surface area contributed by atoms with Gasteiger partial charge < -0.3 is 10.5 Å². The molecule has 0 aromatic carbocycles. The Hall–Kier alpha value is -0.770. The number of anilines is 1. The van der Waals surface area contributed by atoms with E-state index in [1.807, 2.05) is 13.0 Å². The average Bonchev–Trinajstić information content (AvgIpc) is 1.97. The van der Waals surface area contributed by atoms with E-state index >= 15 is 0 Å². The Bertz CT molecular complexity index is 275. The number of hydrogen-bond donors (Lipinski definition) is 1. The number of halogens is 1. The van der Waals surface area contributed by atoms with E-state index in [-0.39, 0.29) is 0 Å². The molecule has 0 bridgehead atoms. The van der Waals surface area contributed by atoms with Gasteiger partial charge in [-0.1, -0.05) is 0 Å². The lowest BCUT2D eigenvalue weighted by Gasteiger charge is -2.04. The van der Waals surface area contributed by atoms with E-state index in [1.165, 1.54) is 0 Å². The standard InChI is InChI=1S/C7H9BrN2O/c1-4-3-5(8)6(9)10-7(4)11-2/h3H,1-2H3,(H2,9,10). The van der Waals surface area contributed by atoms with Crippen LogP contribution in [-0.4, -0.2) is 12.1 Å². The highest BCUT2D eigenvalue weighted by Crippen LogP contribution is 2.24. The molecule has 0 fully saturated rings. The fraction of sp³-hybridized carbons (Fsp3) is 0.286. The van der Waals surface area contributed by atoms with Gasteiger partial charge in [-0.05, 0) is 28.9 Å². The zero-order valence-electron chi connectivity index (χ0n) is 6.39. The molecule has 0 aliphatic rings. The number of methoxy groups -OCH3 is 1. The summed E-state index contributed by atoms with van der Waals surface area (Å²) in [4.78, 5) is 4.00. The molecule has 0 saturated carbocycles. The first-order valence-electron chi connectivity index (χ1n) is 3.11. The molecule has 11 heavy (non-hydrogen) atoms. The smallest absolute Gasteiger partial charge is 0.217 e. The van der Waals surface area contributed by atoms with E-state index in [2.05, 4.69) is 20.9 Å². The van der Waals surface area contributed by atoms with Gasteiger partial charge in [-0.3, -0.25) is 0 Å². The van der Waals surface area contributed by atoms with Crippen LogP contribution in [0.25, 0.3) is 0 Å². The second-order valence-corrected chi connectivity index (χ2v) is 3.04. The summed E-state index contributed by atoms with van der Waals surface area (Å²) in [7, 11) is 1.57. The number of nitrogen functional groups attached to an aromatic ring is 1. The lowest BCUT2D eigenvalue weighted by Crippen LogP contribution is -1.97. The van der Waals surface area contributed by atoms with Crippen LogP contribution >= 0.6 is 15.9 Å². The van der Waals surface area contributed by atoms with Crippen LogP contribution in [0.1, 0.15) is 5.56 Å². The lowest BCUT2D eigenvalue weighted by atomic mass is 10.3. The molecule has 4 heteroatoms. The first kappa shape index (κ1) is 8.33. The number of rotatable bonds is 1. The molecule has 0 radical (unpaired) electrons. The van der Waals surface area contributed by atoms with Crippen LogP contribution < -0.4 is 10.5 Å². The Morgan fingerprint density at radius 1 is 1.64 bits per heavy atom. The van der Waals surface area contributed by atoms with Crippen LogP contribution in [0, 0.1) is 6.92 Å². The molecule has 0 aliphatic heterocycles. The van der Waals surface area contributed by atoms with Gasteiger partial charge in [-0.15, -0.1) is 0 Å². The van der Waals surface area contributed by atoms with Gasteiger partial charge in [-0.2, -0.15) is 4.98 Å². The van der Waals surface area contributed by atoms with Crippen LogP contribution in [0.5, 0.6) is 5.88 Å². The second kappa shape index (κ2) is 3.09. The molecule has 1 heterocycles.